The third-order valence-electron chi connectivity index (χ3n) is 2.44. The van der Waals surface area contributed by atoms with Crippen LogP contribution in [0.2, 0.25) is 0 Å². The van der Waals surface area contributed by atoms with Gasteiger partial charge in [-0.25, -0.2) is 0 Å². The van der Waals surface area contributed by atoms with Gasteiger partial charge in [0.25, 0.3) is 5.91 Å². The highest BCUT2D eigenvalue weighted by molar-refractivity contribution is 7.98. The van der Waals surface area contributed by atoms with Gasteiger partial charge in [-0.15, -0.1) is 11.8 Å². The number of nitrogens with zero attached hydrogens (tertiary/aromatic N) is 1. The molecule has 0 atom stereocenters. The summed E-state index contributed by atoms with van der Waals surface area (Å²) >= 11 is 1.63. The minimum absolute atomic E-state index is 0.314. The number of nitrogens with two attached hydrogens (primary N) is 1. The molecule has 0 unspecified atom stereocenters. The minimum atomic E-state index is -0.503. The lowest BCUT2D eigenvalue weighted by molar-refractivity contribution is 0.0996. The van der Waals surface area contributed by atoms with Crippen molar-refractivity contribution in [2.24, 2.45) is 5.73 Å². The van der Waals surface area contributed by atoms with Gasteiger partial charge in [0.05, 0.1) is 0 Å². The summed E-state index contributed by atoms with van der Waals surface area (Å²) in [5, 5.41) is 0. The highest BCUT2D eigenvalue weighted by Crippen LogP contribution is 2.31. The molecule has 2 aromatic rings. The molecule has 0 fully saturated rings. The van der Waals surface area contributed by atoms with E-state index in [1.54, 1.807) is 24.0 Å². The Morgan fingerprint density at radius 3 is 2.59 bits per heavy atom. The van der Waals surface area contributed by atoms with Crippen LogP contribution in [0.1, 0.15) is 10.5 Å². The van der Waals surface area contributed by atoms with Gasteiger partial charge in [-0.1, -0.05) is 24.3 Å². The van der Waals surface area contributed by atoms with E-state index in [4.69, 9.17) is 5.73 Å². The van der Waals surface area contributed by atoms with E-state index in [2.05, 4.69) is 4.98 Å². The van der Waals surface area contributed by atoms with Crippen LogP contribution in [0.5, 0.6) is 0 Å². The number of hydrogen-bond donors (Lipinski definition) is 1. The monoisotopic (exact) mass is 244 g/mol. The molecule has 17 heavy (non-hydrogen) atoms. The lowest BCUT2D eigenvalue weighted by atomic mass is 10.0. The van der Waals surface area contributed by atoms with Gasteiger partial charge in [-0.3, -0.25) is 9.78 Å². The maximum Gasteiger partial charge on any atom is 0.267 e. The first kappa shape index (κ1) is 11.7. The third-order valence-corrected chi connectivity index (χ3v) is 3.23. The van der Waals surface area contributed by atoms with Crippen LogP contribution >= 0.6 is 11.8 Å². The molecular formula is C13H12N2OS. The predicted molar refractivity (Wildman–Crippen MR) is 70.0 cm³/mol. The Labute approximate surface area is 104 Å². The first-order valence-corrected chi connectivity index (χ1v) is 6.34. The average molecular weight is 244 g/mol. The van der Waals surface area contributed by atoms with Crippen molar-refractivity contribution in [3.8, 4) is 11.1 Å². The van der Waals surface area contributed by atoms with E-state index >= 15 is 0 Å². The Hall–Kier alpha value is -1.81. The van der Waals surface area contributed by atoms with Gasteiger partial charge in [-0.05, 0) is 24.0 Å². The van der Waals surface area contributed by atoms with Crippen LogP contribution in [0, 0.1) is 0 Å². The lowest BCUT2D eigenvalue weighted by Gasteiger charge is -2.09. The number of primary amides is 1. The zero-order valence-corrected chi connectivity index (χ0v) is 10.2. The van der Waals surface area contributed by atoms with Crippen LogP contribution in [-0.2, 0) is 0 Å². The molecule has 2 N–H and O–H groups in total. The van der Waals surface area contributed by atoms with Crippen LogP contribution in [-0.4, -0.2) is 17.1 Å². The molecule has 0 saturated carbocycles. The molecule has 1 aromatic heterocycles. The molecule has 0 spiro atoms. The zero-order chi connectivity index (χ0) is 12.3. The number of hydrogen-bond acceptors (Lipinski definition) is 3. The maximum atomic E-state index is 11.3. The summed E-state index contributed by atoms with van der Waals surface area (Å²) in [6.45, 7) is 0. The maximum absolute atomic E-state index is 11.3. The van der Waals surface area contributed by atoms with Crippen molar-refractivity contribution in [1.29, 1.82) is 0 Å². The van der Waals surface area contributed by atoms with Gasteiger partial charge in [0.1, 0.15) is 5.69 Å². The van der Waals surface area contributed by atoms with E-state index in [0.29, 0.717) is 5.69 Å². The van der Waals surface area contributed by atoms with Crippen molar-refractivity contribution in [2.75, 3.05) is 6.26 Å². The summed E-state index contributed by atoms with van der Waals surface area (Å²) in [6.07, 6.45) is 3.57. The molecule has 1 heterocycles. The topological polar surface area (TPSA) is 56.0 Å². The summed E-state index contributed by atoms with van der Waals surface area (Å²) in [5.74, 6) is -0.503. The summed E-state index contributed by atoms with van der Waals surface area (Å²) in [4.78, 5) is 16.5. The van der Waals surface area contributed by atoms with E-state index in [9.17, 15) is 4.79 Å². The summed E-state index contributed by atoms with van der Waals surface area (Å²) in [5.41, 5.74) is 7.42. The molecule has 2 rings (SSSR count). The zero-order valence-electron chi connectivity index (χ0n) is 9.38. The van der Waals surface area contributed by atoms with Crippen molar-refractivity contribution < 1.29 is 4.79 Å². The fraction of sp³-hybridized carbons (Fsp3) is 0.0769. The van der Waals surface area contributed by atoms with E-state index in [1.165, 1.54) is 0 Å². The number of thioether (sulfide) groups is 1. The van der Waals surface area contributed by atoms with Gasteiger partial charge in [-0.2, -0.15) is 0 Å². The smallest absolute Gasteiger partial charge is 0.267 e. The number of carbonyl (C=O) groups is 1. The first-order chi connectivity index (χ1) is 8.24. The van der Waals surface area contributed by atoms with Crippen LogP contribution in [0.3, 0.4) is 0 Å². The van der Waals surface area contributed by atoms with Crippen molar-refractivity contribution in [3.05, 3.63) is 48.3 Å². The fourth-order valence-electron chi connectivity index (χ4n) is 1.69. The van der Waals surface area contributed by atoms with E-state index in [1.807, 2.05) is 36.6 Å². The molecule has 0 aliphatic heterocycles. The molecule has 86 valence electrons. The molecule has 1 aromatic carbocycles. The second-order valence-corrected chi connectivity index (χ2v) is 4.31. The third kappa shape index (κ3) is 2.31. The SMILES string of the molecule is CSc1ccccc1-c1cccnc1C(N)=O. The molecule has 1 amide bonds. The molecule has 3 nitrogen and oxygen atoms in total. The predicted octanol–water partition coefficient (Wildman–Crippen LogP) is 2.57. The van der Waals surface area contributed by atoms with E-state index in [0.717, 1.165) is 16.0 Å². The quantitative estimate of drug-likeness (QED) is 0.844. The van der Waals surface area contributed by atoms with Gasteiger partial charge in [0.15, 0.2) is 0 Å². The van der Waals surface area contributed by atoms with Crippen molar-refractivity contribution >= 4 is 17.7 Å². The van der Waals surface area contributed by atoms with Crippen molar-refractivity contribution in [1.82, 2.24) is 4.98 Å². The van der Waals surface area contributed by atoms with Gasteiger partial charge >= 0.3 is 0 Å². The van der Waals surface area contributed by atoms with Crippen LogP contribution in [0.15, 0.2) is 47.5 Å². The number of amides is 1. The number of benzene rings is 1. The second kappa shape index (κ2) is 5.01. The summed E-state index contributed by atoms with van der Waals surface area (Å²) in [6, 6.07) is 11.6. The highest BCUT2D eigenvalue weighted by Gasteiger charge is 2.13. The number of rotatable bonds is 3. The van der Waals surface area contributed by atoms with Crippen LogP contribution in [0.4, 0.5) is 0 Å². The van der Waals surface area contributed by atoms with Gasteiger partial charge < -0.3 is 5.73 Å². The molecule has 0 aliphatic carbocycles. The Balaban J connectivity index is 2.64. The van der Waals surface area contributed by atoms with Crippen molar-refractivity contribution in [3.63, 3.8) is 0 Å². The summed E-state index contributed by atoms with van der Waals surface area (Å²) < 4.78 is 0. The number of carbonyl (C=O) groups excluding carboxylic acids is 1. The van der Waals surface area contributed by atoms with Gasteiger partial charge in [0.2, 0.25) is 0 Å². The van der Waals surface area contributed by atoms with Gasteiger partial charge in [0, 0.05) is 16.7 Å². The number of pyridine rings is 1. The lowest BCUT2D eigenvalue weighted by Crippen LogP contribution is -2.14. The van der Waals surface area contributed by atoms with E-state index in [-0.39, 0.29) is 0 Å². The summed E-state index contributed by atoms with van der Waals surface area (Å²) in [7, 11) is 0. The average Bonchev–Trinajstić information content (AvgIpc) is 2.38. The number of aromatic nitrogens is 1. The van der Waals surface area contributed by atoms with Crippen molar-refractivity contribution in [2.45, 2.75) is 4.90 Å². The molecule has 0 saturated heterocycles. The fourth-order valence-corrected chi connectivity index (χ4v) is 2.30. The Kier molecular flexibility index (Phi) is 3.44. The molecule has 0 radical (unpaired) electrons. The minimum Gasteiger partial charge on any atom is -0.364 e. The molecule has 0 aliphatic rings. The Morgan fingerprint density at radius 2 is 1.88 bits per heavy atom. The highest BCUT2D eigenvalue weighted by atomic mass is 32.2. The van der Waals surface area contributed by atoms with Crippen LogP contribution in [0.25, 0.3) is 11.1 Å². The Bertz CT molecular complexity index is 555. The standard InChI is InChI=1S/C13H12N2OS/c1-17-11-7-3-2-5-9(11)10-6-4-8-15-12(10)13(14)16/h2-8H,1H3,(H2,14,16). The normalized spacial score (nSPS) is 10.2. The van der Waals surface area contributed by atoms with Crippen LogP contribution < -0.4 is 5.73 Å². The van der Waals surface area contributed by atoms with E-state index < -0.39 is 5.91 Å². The molecular weight excluding hydrogens is 232 g/mol. The largest absolute Gasteiger partial charge is 0.364 e. The first-order valence-electron chi connectivity index (χ1n) is 5.12. The molecule has 4 heteroatoms. The molecule has 0 bridgehead atoms. The Morgan fingerprint density at radius 1 is 1.18 bits per heavy atom. The second-order valence-electron chi connectivity index (χ2n) is 3.46.